The number of hydrogen-bond donors (Lipinski definition) is 0. The lowest BCUT2D eigenvalue weighted by Crippen LogP contribution is -1.70. The van der Waals surface area contributed by atoms with Gasteiger partial charge >= 0.3 is 0 Å². The molecule has 0 unspecified atom stereocenters. The van der Waals surface area contributed by atoms with Crippen LogP contribution in [-0.4, -0.2) is 0 Å². The minimum Gasteiger partial charge on any atom is -0.148 e. The molecule has 2 heteroatoms. The predicted octanol–water partition coefficient (Wildman–Crippen LogP) is 2.75. The van der Waals surface area contributed by atoms with E-state index in [0.717, 1.165) is 5.75 Å². The standard InChI is InChI=1S/C6H7S2/c1-5-2-3-8-6(5)4-7/h2-3H,4H2,1H3. The Hall–Kier alpha value is 0.0500. The molecule has 0 aliphatic carbocycles. The third kappa shape index (κ3) is 1.06. The fourth-order valence-corrected chi connectivity index (χ4v) is 1.74. The number of rotatable bonds is 1. The molecule has 0 atom stereocenters. The molecule has 0 aliphatic rings. The summed E-state index contributed by atoms with van der Waals surface area (Å²) in [6, 6.07) is 2.10. The van der Waals surface area contributed by atoms with Gasteiger partial charge in [0.1, 0.15) is 0 Å². The van der Waals surface area contributed by atoms with Gasteiger partial charge in [-0.3, -0.25) is 0 Å². The molecule has 1 aromatic heterocycles. The van der Waals surface area contributed by atoms with Gasteiger partial charge in [0.15, 0.2) is 0 Å². The summed E-state index contributed by atoms with van der Waals surface area (Å²) in [6.45, 7) is 2.10. The van der Waals surface area contributed by atoms with Gasteiger partial charge in [-0.05, 0) is 23.9 Å². The topological polar surface area (TPSA) is 0 Å². The van der Waals surface area contributed by atoms with Crippen LogP contribution >= 0.6 is 24.0 Å². The second-order valence-electron chi connectivity index (χ2n) is 1.67. The molecule has 0 bridgehead atoms. The second kappa shape index (κ2) is 2.55. The summed E-state index contributed by atoms with van der Waals surface area (Å²) in [4.78, 5) is 1.33. The molecule has 0 amide bonds. The van der Waals surface area contributed by atoms with Gasteiger partial charge in [-0.25, -0.2) is 0 Å². The van der Waals surface area contributed by atoms with Crippen molar-refractivity contribution in [2.45, 2.75) is 12.7 Å². The molecule has 0 saturated heterocycles. The maximum absolute atomic E-state index is 4.87. The Labute approximate surface area is 59.0 Å². The van der Waals surface area contributed by atoms with Crippen molar-refractivity contribution in [3.05, 3.63) is 21.9 Å². The van der Waals surface area contributed by atoms with Gasteiger partial charge in [0.2, 0.25) is 0 Å². The van der Waals surface area contributed by atoms with Crippen LogP contribution < -0.4 is 0 Å². The third-order valence-corrected chi connectivity index (χ3v) is 2.59. The fraction of sp³-hybridized carbons (Fsp3) is 0.333. The average Bonchev–Trinajstić information content (AvgIpc) is 2.14. The van der Waals surface area contributed by atoms with Gasteiger partial charge in [-0.15, -0.1) is 11.3 Å². The number of hydrogen-bond acceptors (Lipinski definition) is 1. The highest BCUT2D eigenvalue weighted by Crippen LogP contribution is 2.16. The van der Waals surface area contributed by atoms with E-state index in [2.05, 4.69) is 18.4 Å². The van der Waals surface area contributed by atoms with Gasteiger partial charge in [-0.1, -0.05) is 12.6 Å². The summed E-state index contributed by atoms with van der Waals surface area (Å²) in [5, 5.41) is 2.08. The highest BCUT2D eigenvalue weighted by molar-refractivity contribution is 7.79. The van der Waals surface area contributed by atoms with E-state index < -0.39 is 0 Å². The number of thiophene rings is 1. The molecule has 0 spiro atoms. The van der Waals surface area contributed by atoms with E-state index in [9.17, 15) is 0 Å². The van der Waals surface area contributed by atoms with Crippen molar-refractivity contribution in [2.75, 3.05) is 0 Å². The fourth-order valence-electron chi connectivity index (χ4n) is 0.552. The first-order valence-corrected chi connectivity index (χ1v) is 3.91. The van der Waals surface area contributed by atoms with Crippen LogP contribution in [0.25, 0.3) is 0 Å². The van der Waals surface area contributed by atoms with Crippen LogP contribution in [0.15, 0.2) is 11.4 Å². The maximum Gasteiger partial charge on any atom is 0.0385 e. The summed E-state index contributed by atoms with van der Waals surface area (Å²) >= 11 is 6.62. The molecule has 0 N–H and O–H groups in total. The van der Waals surface area contributed by atoms with E-state index in [-0.39, 0.29) is 0 Å². The van der Waals surface area contributed by atoms with Crippen LogP contribution in [0.2, 0.25) is 0 Å². The molecule has 1 heterocycles. The van der Waals surface area contributed by atoms with Gasteiger partial charge in [0.05, 0.1) is 0 Å². The van der Waals surface area contributed by atoms with Crippen molar-refractivity contribution in [2.24, 2.45) is 0 Å². The summed E-state index contributed by atoms with van der Waals surface area (Å²) in [5.74, 6) is 0.767. The lowest BCUT2D eigenvalue weighted by atomic mass is 10.3. The number of aryl methyl sites for hydroxylation is 1. The van der Waals surface area contributed by atoms with Crippen molar-refractivity contribution in [3.8, 4) is 0 Å². The Morgan fingerprint density at radius 3 is 2.75 bits per heavy atom. The smallest absolute Gasteiger partial charge is 0.0385 e. The SMILES string of the molecule is Cc1ccsc1C[S]. The molecule has 0 aromatic carbocycles. The van der Waals surface area contributed by atoms with Crippen molar-refractivity contribution in [1.29, 1.82) is 0 Å². The van der Waals surface area contributed by atoms with Crippen LogP contribution in [0.4, 0.5) is 0 Å². The molecule has 8 heavy (non-hydrogen) atoms. The highest BCUT2D eigenvalue weighted by Gasteiger charge is 1.93. The van der Waals surface area contributed by atoms with Crippen molar-refractivity contribution in [1.82, 2.24) is 0 Å². The maximum atomic E-state index is 4.87. The second-order valence-corrected chi connectivity index (χ2v) is 2.96. The zero-order valence-electron chi connectivity index (χ0n) is 4.68. The molecule has 0 aliphatic heterocycles. The molecular weight excluding hydrogens is 136 g/mol. The quantitative estimate of drug-likeness (QED) is 0.567. The summed E-state index contributed by atoms with van der Waals surface area (Å²) in [5.41, 5.74) is 1.34. The zero-order valence-corrected chi connectivity index (χ0v) is 6.31. The molecule has 0 fully saturated rings. The Bertz CT molecular complexity index is 167. The molecule has 0 nitrogen and oxygen atoms in total. The molecule has 1 aromatic rings. The predicted molar refractivity (Wildman–Crippen MR) is 40.4 cm³/mol. The lowest BCUT2D eigenvalue weighted by molar-refractivity contribution is 1.41. The van der Waals surface area contributed by atoms with Crippen molar-refractivity contribution < 1.29 is 0 Å². The van der Waals surface area contributed by atoms with E-state index in [4.69, 9.17) is 12.6 Å². The first kappa shape index (κ1) is 6.17. The van der Waals surface area contributed by atoms with Crippen molar-refractivity contribution in [3.63, 3.8) is 0 Å². The monoisotopic (exact) mass is 143 g/mol. The minimum atomic E-state index is 0.767. The zero-order chi connectivity index (χ0) is 5.98. The highest BCUT2D eigenvalue weighted by atomic mass is 32.1. The van der Waals surface area contributed by atoms with Crippen LogP contribution in [0.5, 0.6) is 0 Å². The largest absolute Gasteiger partial charge is 0.148 e. The third-order valence-electron chi connectivity index (χ3n) is 1.10. The van der Waals surface area contributed by atoms with Crippen molar-refractivity contribution >= 4 is 24.0 Å². The Kier molecular flexibility index (Phi) is 1.97. The average molecular weight is 143 g/mol. The lowest BCUT2D eigenvalue weighted by Gasteiger charge is -1.86. The van der Waals surface area contributed by atoms with Crippen LogP contribution in [0.3, 0.4) is 0 Å². The van der Waals surface area contributed by atoms with Crippen LogP contribution in [0.1, 0.15) is 10.4 Å². The molecule has 43 valence electrons. The van der Waals surface area contributed by atoms with E-state index in [1.807, 2.05) is 0 Å². The van der Waals surface area contributed by atoms with Gasteiger partial charge in [0, 0.05) is 10.6 Å². The van der Waals surface area contributed by atoms with Crippen LogP contribution in [-0.2, 0) is 5.75 Å². The molecule has 0 saturated carbocycles. The van der Waals surface area contributed by atoms with E-state index in [0.29, 0.717) is 0 Å². The van der Waals surface area contributed by atoms with Gasteiger partial charge in [-0.2, -0.15) is 0 Å². The Morgan fingerprint density at radius 2 is 2.50 bits per heavy atom. The Morgan fingerprint density at radius 1 is 1.75 bits per heavy atom. The first-order chi connectivity index (χ1) is 3.84. The first-order valence-electron chi connectivity index (χ1n) is 2.45. The minimum absolute atomic E-state index is 0.767. The summed E-state index contributed by atoms with van der Waals surface area (Å²) < 4.78 is 0. The van der Waals surface area contributed by atoms with Gasteiger partial charge in [0.25, 0.3) is 0 Å². The Balaban J connectivity index is 2.92. The normalized spacial score (nSPS) is 9.75. The van der Waals surface area contributed by atoms with Gasteiger partial charge < -0.3 is 0 Å². The molecular formula is C6H7S2. The molecule has 1 radical (unpaired) electrons. The molecule has 1 rings (SSSR count). The summed E-state index contributed by atoms with van der Waals surface area (Å²) in [6.07, 6.45) is 0. The van der Waals surface area contributed by atoms with E-state index >= 15 is 0 Å². The van der Waals surface area contributed by atoms with E-state index in [1.165, 1.54) is 10.4 Å². The summed E-state index contributed by atoms with van der Waals surface area (Å²) in [7, 11) is 0. The van der Waals surface area contributed by atoms with E-state index in [1.54, 1.807) is 11.3 Å². The van der Waals surface area contributed by atoms with Crippen LogP contribution in [0, 0.1) is 6.92 Å².